The first-order chi connectivity index (χ1) is 15.3. The van der Waals surface area contributed by atoms with Gasteiger partial charge in [0.1, 0.15) is 10.7 Å². The summed E-state index contributed by atoms with van der Waals surface area (Å²) in [5.74, 6) is 3.19. The lowest BCUT2D eigenvalue weighted by Gasteiger charge is -2.11. The zero-order valence-corrected chi connectivity index (χ0v) is 17.9. The van der Waals surface area contributed by atoms with Crippen LogP contribution >= 0.6 is 11.6 Å². The number of aromatic nitrogens is 3. The zero-order chi connectivity index (χ0) is 22.9. The van der Waals surface area contributed by atoms with Crippen LogP contribution < -0.4 is 9.46 Å². The number of anilines is 1. The molecule has 0 aliphatic heterocycles. The van der Waals surface area contributed by atoms with Gasteiger partial charge in [-0.1, -0.05) is 35.6 Å². The van der Waals surface area contributed by atoms with Gasteiger partial charge in [0, 0.05) is 11.8 Å². The number of fused-ring (bicyclic) bond motifs is 1. The highest BCUT2D eigenvalue weighted by Crippen LogP contribution is 2.27. The van der Waals surface area contributed by atoms with Gasteiger partial charge in [0.15, 0.2) is 11.5 Å². The Balaban J connectivity index is 1.70. The van der Waals surface area contributed by atoms with Crippen LogP contribution in [0.15, 0.2) is 53.6 Å². The Hall–Kier alpha value is -3.68. The zero-order valence-electron chi connectivity index (χ0n) is 16.3. The molecule has 0 spiro atoms. The van der Waals surface area contributed by atoms with E-state index in [-0.39, 0.29) is 9.92 Å². The largest absolute Gasteiger partial charge is 0.479 e. The van der Waals surface area contributed by atoms with E-state index >= 15 is 0 Å². The number of benzene rings is 2. The SMILES string of the molecule is COc1n[nH]c2ncc(C#Cc3c(F)ccc(NS(=O)(=O)c4ccccc4Cl)c3F)cc12. The van der Waals surface area contributed by atoms with Crippen molar-refractivity contribution in [3.63, 3.8) is 0 Å². The van der Waals surface area contributed by atoms with E-state index < -0.39 is 32.9 Å². The number of hydrogen-bond donors (Lipinski definition) is 2. The van der Waals surface area contributed by atoms with E-state index in [1.165, 1.54) is 31.5 Å². The van der Waals surface area contributed by atoms with Gasteiger partial charge in [0.05, 0.1) is 28.8 Å². The van der Waals surface area contributed by atoms with Gasteiger partial charge in [-0.05, 0) is 30.3 Å². The maximum absolute atomic E-state index is 15.0. The minimum absolute atomic E-state index is 0.0416. The molecule has 0 aliphatic rings. The summed E-state index contributed by atoms with van der Waals surface area (Å²) in [4.78, 5) is 3.88. The Morgan fingerprint density at radius 1 is 1.16 bits per heavy atom. The summed E-state index contributed by atoms with van der Waals surface area (Å²) in [5.41, 5.74) is -0.275. The van der Waals surface area contributed by atoms with Crippen LogP contribution in [0.1, 0.15) is 11.1 Å². The van der Waals surface area contributed by atoms with Crippen molar-refractivity contribution in [1.29, 1.82) is 0 Å². The lowest BCUT2D eigenvalue weighted by atomic mass is 10.1. The summed E-state index contributed by atoms with van der Waals surface area (Å²) in [7, 11) is -2.78. The smallest absolute Gasteiger partial charge is 0.263 e. The summed E-state index contributed by atoms with van der Waals surface area (Å²) in [6, 6.07) is 9.15. The van der Waals surface area contributed by atoms with E-state index in [1.807, 2.05) is 0 Å². The molecular formula is C21H13ClF2N4O3S. The van der Waals surface area contributed by atoms with Crippen molar-refractivity contribution in [2.45, 2.75) is 4.90 Å². The lowest BCUT2D eigenvalue weighted by Crippen LogP contribution is -2.15. The molecule has 7 nitrogen and oxygen atoms in total. The van der Waals surface area contributed by atoms with Crippen LogP contribution in [-0.4, -0.2) is 30.7 Å². The summed E-state index contributed by atoms with van der Waals surface area (Å²) < 4.78 is 61.6. The number of nitrogens with zero attached hydrogens (tertiary/aromatic N) is 2. The number of halogens is 3. The van der Waals surface area contributed by atoms with E-state index in [9.17, 15) is 17.2 Å². The van der Waals surface area contributed by atoms with Crippen LogP contribution in [0.25, 0.3) is 11.0 Å². The monoisotopic (exact) mass is 474 g/mol. The predicted octanol–water partition coefficient (Wildman–Crippen LogP) is 4.10. The predicted molar refractivity (Wildman–Crippen MR) is 115 cm³/mol. The third kappa shape index (κ3) is 4.08. The Kier molecular flexibility index (Phi) is 5.69. The molecule has 0 aliphatic carbocycles. The molecule has 0 bridgehead atoms. The summed E-state index contributed by atoms with van der Waals surface area (Å²) in [5, 5.41) is 7.10. The van der Waals surface area contributed by atoms with E-state index in [0.717, 1.165) is 12.1 Å². The molecular weight excluding hydrogens is 462 g/mol. The first kappa shape index (κ1) is 21.5. The maximum Gasteiger partial charge on any atom is 0.263 e. The van der Waals surface area contributed by atoms with Gasteiger partial charge in [-0.3, -0.25) is 9.82 Å². The van der Waals surface area contributed by atoms with E-state index in [0.29, 0.717) is 22.5 Å². The van der Waals surface area contributed by atoms with Gasteiger partial charge in [-0.15, -0.1) is 5.10 Å². The van der Waals surface area contributed by atoms with E-state index in [2.05, 4.69) is 31.7 Å². The van der Waals surface area contributed by atoms with Crippen LogP contribution in [0.2, 0.25) is 5.02 Å². The quantitative estimate of drug-likeness (QED) is 0.434. The molecule has 2 aromatic heterocycles. The second-order valence-corrected chi connectivity index (χ2v) is 8.48. The van der Waals surface area contributed by atoms with Gasteiger partial charge in [-0.2, -0.15) is 0 Å². The van der Waals surface area contributed by atoms with Crippen molar-refractivity contribution in [2.75, 3.05) is 11.8 Å². The molecule has 4 aromatic rings. The van der Waals surface area contributed by atoms with E-state index in [1.54, 1.807) is 12.1 Å². The Morgan fingerprint density at radius 3 is 2.69 bits per heavy atom. The van der Waals surface area contributed by atoms with Crippen molar-refractivity contribution >= 4 is 38.3 Å². The van der Waals surface area contributed by atoms with Crippen LogP contribution in [0.3, 0.4) is 0 Å². The summed E-state index contributed by atoms with van der Waals surface area (Å²) in [6.45, 7) is 0. The van der Waals surface area contributed by atoms with Crippen LogP contribution in [-0.2, 0) is 10.0 Å². The fourth-order valence-electron chi connectivity index (χ4n) is 2.85. The van der Waals surface area contributed by atoms with Crippen molar-refractivity contribution in [3.8, 4) is 17.7 Å². The topological polar surface area (TPSA) is 97.0 Å². The number of aromatic amines is 1. The fourth-order valence-corrected chi connectivity index (χ4v) is 4.43. The Morgan fingerprint density at radius 2 is 1.94 bits per heavy atom. The van der Waals surface area contributed by atoms with E-state index in [4.69, 9.17) is 16.3 Å². The van der Waals surface area contributed by atoms with Crippen LogP contribution in [0.5, 0.6) is 5.88 Å². The first-order valence-electron chi connectivity index (χ1n) is 8.95. The number of pyridine rings is 1. The van der Waals surface area contributed by atoms with Crippen LogP contribution in [0, 0.1) is 23.5 Å². The molecule has 0 saturated heterocycles. The van der Waals surface area contributed by atoms with Gasteiger partial charge >= 0.3 is 0 Å². The average Bonchev–Trinajstić information content (AvgIpc) is 3.18. The highest BCUT2D eigenvalue weighted by atomic mass is 35.5. The number of H-pyrrole nitrogens is 1. The van der Waals surface area contributed by atoms with Crippen molar-refractivity contribution in [2.24, 2.45) is 0 Å². The Labute approximate surface area is 186 Å². The van der Waals surface area contributed by atoms with Gasteiger partial charge in [0.25, 0.3) is 10.0 Å². The molecule has 0 saturated carbocycles. The molecule has 0 atom stereocenters. The van der Waals surface area contributed by atoms with Crippen molar-refractivity contribution in [3.05, 3.63) is 76.4 Å². The second-order valence-electron chi connectivity index (χ2n) is 6.42. The molecule has 11 heteroatoms. The molecule has 0 unspecified atom stereocenters. The van der Waals surface area contributed by atoms with Gasteiger partial charge < -0.3 is 4.74 Å². The average molecular weight is 475 g/mol. The van der Waals surface area contributed by atoms with Crippen molar-refractivity contribution < 1.29 is 21.9 Å². The summed E-state index contributed by atoms with van der Waals surface area (Å²) in [6.07, 6.45) is 1.40. The van der Waals surface area contributed by atoms with Gasteiger partial charge in [-0.25, -0.2) is 22.2 Å². The maximum atomic E-state index is 15.0. The first-order valence-corrected chi connectivity index (χ1v) is 10.8. The number of methoxy groups -OCH3 is 1. The van der Waals surface area contributed by atoms with Gasteiger partial charge in [0.2, 0.25) is 5.88 Å². The second kappa shape index (κ2) is 8.45. The number of nitrogens with one attached hydrogen (secondary N) is 2. The molecule has 0 fully saturated rings. The number of rotatable bonds is 4. The molecule has 2 aromatic carbocycles. The molecule has 32 heavy (non-hydrogen) atoms. The molecule has 0 radical (unpaired) electrons. The standard InChI is InChI=1S/C21H13ClF2N4O3S/c1-31-21-14-10-12(11-25-20(14)26-27-21)6-7-13-16(23)8-9-17(19(13)24)28-32(29,30)18-5-3-2-4-15(18)22/h2-5,8-11,28H,1H3,(H,25,26,27). The van der Waals surface area contributed by atoms with Crippen LogP contribution in [0.4, 0.5) is 14.5 Å². The number of sulfonamides is 1. The highest BCUT2D eigenvalue weighted by Gasteiger charge is 2.21. The van der Waals surface area contributed by atoms with Crippen molar-refractivity contribution in [1.82, 2.24) is 15.2 Å². The molecule has 2 N–H and O–H groups in total. The minimum atomic E-state index is -4.22. The molecule has 0 amide bonds. The lowest BCUT2D eigenvalue weighted by molar-refractivity contribution is 0.401. The highest BCUT2D eigenvalue weighted by molar-refractivity contribution is 7.92. The molecule has 4 rings (SSSR count). The number of ether oxygens (including phenoxy) is 1. The normalized spacial score (nSPS) is 11.1. The third-order valence-electron chi connectivity index (χ3n) is 4.37. The molecule has 162 valence electrons. The number of hydrogen-bond acceptors (Lipinski definition) is 5. The fraction of sp³-hybridized carbons (Fsp3) is 0.0476. The summed E-state index contributed by atoms with van der Waals surface area (Å²) >= 11 is 5.93. The third-order valence-corrected chi connectivity index (χ3v) is 6.23. The molecule has 2 heterocycles. The Bertz CT molecular complexity index is 1510. The minimum Gasteiger partial charge on any atom is -0.479 e.